The van der Waals surface area contributed by atoms with E-state index in [0.29, 0.717) is 18.0 Å². The molecular weight excluding hydrogens is 216 g/mol. The molecule has 0 saturated heterocycles. The molecule has 0 aromatic heterocycles. The van der Waals surface area contributed by atoms with Gasteiger partial charge in [-0.15, -0.1) is 0 Å². The lowest BCUT2D eigenvalue weighted by Crippen LogP contribution is -2.36. The van der Waals surface area contributed by atoms with Crippen molar-refractivity contribution in [1.82, 2.24) is 5.32 Å². The van der Waals surface area contributed by atoms with Gasteiger partial charge in [-0.1, -0.05) is 13.3 Å². The molecule has 0 aliphatic rings. The third-order valence-electron chi connectivity index (χ3n) is 2.39. The number of rotatable bonds is 6. The van der Waals surface area contributed by atoms with Crippen molar-refractivity contribution in [2.45, 2.75) is 32.8 Å². The summed E-state index contributed by atoms with van der Waals surface area (Å²) in [5.41, 5.74) is 6.24. The molecule has 0 radical (unpaired) electrons. The molecular formula is C13H20N2O2. The number of nitrogens with two attached hydrogens (primary N) is 1. The van der Waals surface area contributed by atoms with Crippen LogP contribution in [0.2, 0.25) is 0 Å². The van der Waals surface area contributed by atoms with Gasteiger partial charge in [0, 0.05) is 12.2 Å². The monoisotopic (exact) mass is 236 g/mol. The van der Waals surface area contributed by atoms with Crippen molar-refractivity contribution in [3.63, 3.8) is 0 Å². The van der Waals surface area contributed by atoms with E-state index < -0.39 is 6.10 Å². The molecule has 4 nitrogen and oxygen atoms in total. The Labute approximate surface area is 102 Å². The van der Waals surface area contributed by atoms with E-state index in [1.54, 1.807) is 31.2 Å². The van der Waals surface area contributed by atoms with Crippen LogP contribution in [0.4, 0.5) is 5.69 Å². The zero-order chi connectivity index (χ0) is 12.7. The number of hydrogen-bond donors (Lipinski definition) is 2. The average Bonchev–Trinajstić information content (AvgIpc) is 2.32. The fourth-order valence-electron chi connectivity index (χ4n) is 1.34. The van der Waals surface area contributed by atoms with Gasteiger partial charge < -0.3 is 15.8 Å². The van der Waals surface area contributed by atoms with E-state index in [4.69, 9.17) is 10.5 Å². The molecule has 0 spiro atoms. The first kappa shape index (κ1) is 13.4. The van der Waals surface area contributed by atoms with Gasteiger partial charge in [0.2, 0.25) is 0 Å². The van der Waals surface area contributed by atoms with Gasteiger partial charge in [0.15, 0.2) is 6.10 Å². The smallest absolute Gasteiger partial charge is 0.260 e. The van der Waals surface area contributed by atoms with Gasteiger partial charge in [0.05, 0.1) is 0 Å². The highest BCUT2D eigenvalue weighted by Crippen LogP contribution is 2.14. The Morgan fingerprint density at radius 2 is 2.06 bits per heavy atom. The molecule has 1 aromatic rings. The van der Waals surface area contributed by atoms with Crippen molar-refractivity contribution in [3.05, 3.63) is 24.3 Å². The van der Waals surface area contributed by atoms with Gasteiger partial charge in [-0.3, -0.25) is 4.79 Å². The molecule has 1 amide bonds. The molecule has 4 heteroatoms. The molecule has 0 bridgehead atoms. The molecule has 3 N–H and O–H groups in total. The Balaban J connectivity index is 2.40. The summed E-state index contributed by atoms with van der Waals surface area (Å²) in [5, 5.41) is 2.83. The Kier molecular flexibility index (Phi) is 5.33. The predicted molar refractivity (Wildman–Crippen MR) is 68.9 cm³/mol. The molecule has 94 valence electrons. The summed E-state index contributed by atoms with van der Waals surface area (Å²) in [4.78, 5) is 11.6. The first-order valence-electron chi connectivity index (χ1n) is 5.93. The van der Waals surface area contributed by atoms with Gasteiger partial charge in [0.25, 0.3) is 5.91 Å². The van der Waals surface area contributed by atoms with E-state index in [0.717, 1.165) is 12.8 Å². The number of nitrogen functional groups attached to an aromatic ring is 1. The highest BCUT2D eigenvalue weighted by molar-refractivity contribution is 5.80. The normalized spacial score (nSPS) is 11.9. The van der Waals surface area contributed by atoms with Crippen molar-refractivity contribution in [2.75, 3.05) is 12.3 Å². The van der Waals surface area contributed by atoms with Gasteiger partial charge in [-0.05, 0) is 37.6 Å². The van der Waals surface area contributed by atoms with Crippen LogP contribution in [-0.2, 0) is 4.79 Å². The van der Waals surface area contributed by atoms with E-state index in [2.05, 4.69) is 12.2 Å². The topological polar surface area (TPSA) is 64.3 Å². The zero-order valence-corrected chi connectivity index (χ0v) is 10.4. The number of hydrogen-bond acceptors (Lipinski definition) is 3. The van der Waals surface area contributed by atoms with E-state index in [9.17, 15) is 4.79 Å². The maximum atomic E-state index is 11.6. The first-order chi connectivity index (χ1) is 8.13. The average molecular weight is 236 g/mol. The number of anilines is 1. The number of carbonyl (C=O) groups excluding carboxylic acids is 1. The van der Waals surface area contributed by atoms with Crippen LogP contribution >= 0.6 is 0 Å². The van der Waals surface area contributed by atoms with Crippen LogP contribution in [0.15, 0.2) is 24.3 Å². The van der Waals surface area contributed by atoms with Crippen molar-refractivity contribution in [1.29, 1.82) is 0 Å². The minimum Gasteiger partial charge on any atom is -0.481 e. The van der Waals surface area contributed by atoms with E-state index in [1.807, 2.05) is 0 Å². The van der Waals surface area contributed by atoms with Crippen molar-refractivity contribution < 1.29 is 9.53 Å². The number of unbranched alkanes of at least 4 members (excludes halogenated alkanes) is 1. The van der Waals surface area contributed by atoms with Crippen LogP contribution in [0.1, 0.15) is 26.7 Å². The molecule has 1 rings (SSSR count). The summed E-state index contributed by atoms with van der Waals surface area (Å²) in [6.07, 6.45) is 1.56. The molecule has 0 fully saturated rings. The summed E-state index contributed by atoms with van der Waals surface area (Å²) in [7, 11) is 0. The van der Waals surface area contributed by atoms with Gasteiger partial charge in [-0.25, -0.2) is 0 Å². The van der Waals surface area contributed by atoms with E-state index >= 15 is 0 Å². The predicted octanol–water partition coefficient (Wildman–Crippen LogP) is 1.95. The minimum atomic E-state index is -0.490. The van der Waals surface area contributed by atoms with Crippen molar-refractivity contribution >= 4 is 11.6 Å². The second-order valence-electron chi connectivity index (χ2n) is 3.97. The quantitative estimate of drug-likeness (QED) is 0.586. The Bertz CT molecular complexity index is 349. The molecule has 0 aliphatic carbocycles. The largest absolute Gasteiger partial charge is 0.481 e. The lowest BCUT2D eigenvalue weighted by atomic mass is 10.3. The number of benzene rings is 1. The third-order valence-corrected chi connectivity index (χ3v) is 2.39. The zero-order valence-electron chi connectivity index (χ0n) is 10.4. The molecule has 1 atom stereocenters. The summed E-state index contributed by atoms with van der Waals surface area (Å²) < 4.78 is 5.49. The molecule has 0 aliphatic heterocycles. The summed E-state index contributed by atoms with van der Waals surface area (Å²) in [6.45, 7) is 4.52. The number of amides is 1. The van der Waals surface area contributed by atoms with E-state index in [-0.39, 0.29) is 5.91 Å². The highest BCUT2D eigenvalue weighted by Gasteiger charge is 2.13. The molecule has 1 aromatic carbocycles. The molecule has 17 heavy (non-hydrogen) atoms. The molecule has 1 unspecified atom stereocenters. The van der Waals surface area contributed by atoms with Crippen LogP contribution in [-0.4, -0.2) is 18.6 Å². The van der Waals surface area contributed by atoms with Crippen LogP contribution in [0, 0.1) is 0 Å². The Morgan fingerprint density at radius 3 is 2.65 bits per heavy atom. The number of carbonyl (C=O) groups is 1. The van der Waals surface area contributed by atoms with Gasteiger partial charge in [0.1, 0.15) is 5.75 Å². The summed E-state index contributed by atoms with van der Waals surface area (Å²) in [5.74, 6) is 0.563. The van der Waals surface area contributed by atoms with Gasteiger partial charge in [-0.2, -0.15) is 0 Å². The standard InChI is InChI=1S/C13H20N2O2/c1-3-4-9-15-13(16)10(2)17-12-7-5-11(14)6-8-12/h5-8,10H,3-4,9,14H2,1-2H3,(H,15,16). The SMILES string of the molecule is CCCCNC(=O)C(C)Oc1ccc(N)cc1. The van der Waals surface area contributed by atoms with Crippen LogP contribution in [0.25, 0.3) is 0 Å². The first-order valence-corrected chi connectivity index (χ1v) is 5.93. The van der Waals surface area contributed by atoms with Crippen LogP contribution < -0.4 is 15.8 Å². The maximum Gasteiger partial charge on any atom is 0.260 e. The second-order valence-corrected chi connectivity index (χ2v) is 3.97. The fraction of sp³-hybridized carbons (Fsp3) is 0.462. The van der Waals surface area contributed by atoms with Crippen LogP contribution in [0.3, 0.4) is 0 Å². The second kappa shape index (κ2) is 6.78. The summed E-state index contributed by atoms with van der Waals surface area (Å²) >= 11 is 0. The van der Waals surface area contributed by atoms with Crippen LogP contribution in [0.5, 0.6) is 5.75 Å². The lowest BCUT2D eigenvalue weighted by molar-refractivity contribution is -0.127. The Morgan fingerprint density at radius 1 is 1.41 bits per heavy atom. The van der Waals surface area contributed by atoms with Crippen molar-refractivity contribution in [3.8, 4) is 5.75 Å². The fourth-order valence-corrected chi connectivity index (χ4v) is 1.34. The molecule has 0 heterocycles. The minimum absolute atomic E-state index is 0.0877. The Hall–Kier alpha value is -1.71. The lowest BCUT2D eigenvalue weighted by Gasteiger charge is -2.14. The highest BCUT2D eigenvalue weighted by atomic mass is 16.5. The number of ether oxygens (including phenoxy) is 1. The summed E-state index contributed by atoms with van der Waals surface area (Å²) in [6, 6.07) is 7.00. The third kappa shape index (κ3) is 4.76. The van der Waals surface area contributed by atoms with Gasteiger partial charge >= 0.3 is 0 Å². The number of nitrogens with one attached hydrogen (secondary N) is 1. The van der Waals surface area contributed by atoms with E-state index in [1.165, 1.54) is 0 Å². The van der Waals surface area contributed by atoms with Crippen molar-refractivity contribution in [2.24, 2.45) is 0 Å². The maximum absolute atomic E-state index is 11.6. The molecule has 0 saturated carbocycles.